The van der Waals surface area contributed by atoms with Gasteiger partial charge in [0.05, 0.1) is 6.26 Å². The van der Waals surface area contributed by atoms with Crippen molar-refractivity contribution in [3.63, 3.8) is 0 Å². The Bertz CT molecular complexity index is 473. The lowest BCUT2D eigenvalue weighted by atomic mass is 10.4. The number of furan rings is 1. The third-order valence-electron chi connectivity index (χ3n) is 1.72. The molecule has 0 saturated carbocycles. The molecular weight excluding hydrogens is 210 g/mol. The summed E-state index contributed by atoms with van der Waals surface area (Å²) < 4.78 is 6.82. The van der Waals surface area contributed by atoms with Gasteiger partial charge in [-0.2, -0.15) is 4.98 Å². The maximum absolute atomic E-state index is 5.25. The van der Waals surface area contributed by atoms with Gasteiger partial charge in [-0.05, 0) is 17.5 Å². The molecule has 0 aromatic carbocycles. The number of rotatable bonds is 4. The summed E-state index contributed by atoms with van der Waals surface area (Å²) in [6, 6.07) is 3.63. The summed E-state index contributed by atoms with van der Waals surface area (Å²) in [6.45, 7) is 7.27. The van der Waals surface area contributed by atoms with Gasteiger partial charge in [-0.25, -0.2) is 4.68 Å². The molecule has 0 atom stereocenters. The summed E-state index contributed by atoms with van der Waals surface area (Å²) >= 11 is 1.35. The van der Waals surface area contributed by atoms with E-state index >= 15 is 0 Å². The van der Waals surface area contributed by atoms with Crippen molar-refractivity contribution in [1.82, 2.24) is 14.8 Å². The first-order chi connectivity index (χ1) is 7.35. The van der Waals surface area contributed by atoms with Crippen molar-refractivity contribution in [2.75, 3.05) is 0 Å². The van der Waals surface area contributed by atoms with Gasteiger partial charge in [0.25, 0.3) is 0 Å². The molecule has 0 N–H and O–H groups in total. The summed E-state index contributed by atoms with van der Waals surface area (Å²) in [7, 11) is 0. The molecule has 2 heterocycles. The lowest BCUT2D eigenvalue weighted by Gasteiger charge is -1.93. The lowest BCUT2D eigenvalue weighted by Crippen LogP contribution is -1.90. The van der Waals surface area contributed by atoms with E-state index < -0.39 is 0 Å². The van der Waals surface area contributed by atoms with E-state index in [-0.39, 0.29) is 0 Å². The fraction of sp³-hybridized carbons (Fsp3) is 0. The monoisotopic (exact) mass is 219 g/mol. The maximum atomic E-state index is 5.25. The van der Waals surface area contributed by atoms with Crippen LogP contribution in [0.3, 0.4) is 0 Å². The molecule has 2 aromatic rings. The van der Waals surface area contributed by atoms with Crippen molar-refractivity contribution in [3.8, 4) is 11.6 Å². The molecule has 0 aliphatic carbocycles. The molecule has 0 spiro atoms. The molecule has 0 unspecified atom stereocenters. The average molecular weight is 219 g/mol. The first-order valence-electron chi connectivity index (χ1n) is 4.25. The molecule has 5 heteroatoms. The van der Waals surface area contributed by atoms with Gasteiger partial charge >= 0.3 is 0 Å². The number of hydrogen-bond acceptors (Lipinski definition) is 4. The third kappa shape index (κ3) is 1.87. The van der Waals surface area contributed by atoms with Crippen LogP contribution in [0.1, 0.15) is 0 Å². The van der Waals surface area contributed by atoms with Crippen molar-refractivity contribution in [2.24, 2.45) is 0 Å². The highest BCUT2D eigenvalue weighted by Crippen LogP contribution is 2.22. The van der Waals surface area contributed by atoms with Crippen LogP contribution in [-0.4, -0.2) is 14.8 Å². The Morgan fingerprint density at radius 3 is 2.93 bits per heavy atom. The normalized spacial score (nSPS) is 10.1. The zero-order chi connectivity index (χ0) is 10.7. The molecule has 15 heavy (non-hydrogen) atoms. The van der Waals surface area contributed by atoms with E-state index in [2.05, 4.69) is 23.2 Å². The van der Waals surface area contributed by atoms with Gasteiger partial charge in [0, 0.05) is 6.20 Å². The Morgan fingerprint density at radius 1 is 1.47 bits per heavy atom. The molecule has 0 aliphatic heterocycles. The van der Waals surface area contributed by atoms with Crippen molar-refractivity contribution in [1.29, 1.82) is 0 Å². The number of hydrogen-bond donors (Lipinski definition) is 0. The van der Waals surface area contributed by atoms with Gasteiger partial charge in [-0.3, -0.25) is 0 Å². The van der Waals surface area contributed by atoms with Crippen LogP contribution >= 0.6 is 11.8 Å². The summed E-state index contributed by atoms with van der Waals surface area (Å²) in [6.07, 6.45) is 3.18. The molecule has 0 radical (unpaired) electrons. The molecule has 0 amide bonds. The van der Waals surface area contributed by atoms with E-state index in [4.69, 9.17) is 4.42 Å². The highest BCUT2D eigenvalue weighted by atomic mass is 32.2. The van der Waals surface area contributed by atoms with Gasteiger partial charge in [0.1, 0.15) is 0 Å². The van der Waals surface area contributed by atoms with Gasteiger partial charge in [-0.1, -0.05) is 24.9 Å². The second kappa shape index (κ2) is 4.18. The summed E-state index contributed by atoms with van der Waals surface area (Å²) in [4.78, 5) is 4.29. The second-order valence-electron chi connectivity index (χ2n) is 2.61. The van der Waals surface area contributed by atoms with Crippen molar-refractivity contribution < 1.29 is 4.42 Å². The predicted molar refractivity (Wildman–Crippen MR) is 60.2 cm³/mol. The molecule has 0 aliphatic rings. The zero-order valence-corrected chi connectivity index (χ0v) is 8.78. The highest BCUT2D eigenvalue weighted by Gasteiger charge is 2.11. The standard InChI is InChI=1S/C10H9N3OS/c1-3-13-9(8-6-5-7-14-8)11-10(12-13)15-4-2/h3-7H,1-2H2. The van der Waals surface area contributed by atoms with Gasteiger partial charge < -0.3 is 4.42 Å². The van der Waals surface area contributed by atoms with E-state index in [0.717, 1.165) is 0 Å². The van der Waals surface area contributed by atoms with Crippen molar-refractivity contribution in [2.45, 2.75) is 5.16 Å². The molecule has 0 bridgehead atoms. The maximum Gasteiger partial charge on any atom is 0.213 e. The SMILES string of the molecule is C=CSc1nc(-c2ccco2)n(C=C)n1. The van der Waals surface area contributed by atoms with E-state index in [1.165, 1.54) is 11.8 Å². The summed E-state index contributed by atoms with van der Waals surface area (Å²) in [5.74, 6) is 1.30. The number of thioether (sulfide) groups is 1. The second-order valence-corrected chi connectivity index (χ2v) is 3.54. The Labute approximate surface area is 91.3 Å². The Hall–Kier alpha value is -1.75. The Kier molecular flexibility index (Phi) is 2.73. The fourth-order valence-corrected chi connectivity index (χ4v) is 1.55. The first-order valence-corrected chi connectivity index (χ1v) is 5.13. The fourth-order valence-electron chi connectivity index (χ4n) is 1.13. The average Bonchev–Trinajstić information content (AvgIpc) is 2.84. The summed E-state index contributed by atoms with van der Waals surface area (Å²) in [5, 5.41) is 6.49. The third-order valence-corrected chi connectivity index (χ3v) is 2.27. The smallest absolute Gasteiger partial charge is 0.213 e. The Balaban J connectivity index is 2.45. The quantitative estimate of drug-likeness (QED) is 0.741. The predicted octanol–water partition coefficient (Wildman–Crippen LogP) is 2.87. The van der Waals surface area contributed by atoms with Crippen LogP contribution in [0.5, 0.6) is 0 Å². The molecule has 76 valence electrons. The molecule has 0 fully saturated rings. The minimum Gasteiger partial charge on any atom is -0.461 e. The first kappa shape index (κ1) is 9.79. The van der Waals surface area contributed by atoms with Crippen LogP contribution in [0.4, 0.5) is 0 Å². The van der Waals surface area contributed by atoms with Crippen LogP contribution in [0.15, 0.2) is 46.5 Å². The molecular formula is C10H9N3OS. The van der Waals surface area contributed by atoms with Crippen LogP contribution in [0, 0.1) is 0 Å². The van der Waals surface area contributed by atoms with E-state index in [0.29, 0.717) is 16.7 Å². The Morgan fingerprint density at radius 2 is 2.33 bits per heavy atom. The molecule has 2 aromatic heterocycles. The van der Waals surface area contributed by atoms with Crippen LogP contribution in [0.2, 0.25) is 0 Å². The minimum absolute atomic E-state index is 0.622. The lowest BCUT2D eigenvalue weighted by molar-refractivity contribution is 0.575. The highest BCUT2D eigenvalue weighted by molar-refractivity contribution is 8.01. The summed E-state index contributed by atoms with van der Waals surface area (Å²) in [5.41, 5.74) is 0. The van der Waals surface area contributed by atoms with E-state index in [1.807, 2.05) is 6.07 Å². The van der Waals surface area contributed by atoms with Gasteiger partial charge in [0.15, 0.2) is 11.6 Å². The number of nitrogens with zero attached hydrogens (tertiary/aromatic N) is 3. The van der Waals surface area contributed by atoms with E-state index in [9.17, 15) is 0 Å². The topological polar surface area (TPSA) is 43.9 Å². The molecule has 0 saturated heterocycles. The van der Waals surface area contributed by atoms with E-state index in [1.54, 1.807) is 28.6 Å². The zero-order valence-electron chi connectivity index (χ0n) is 7.96. The van der Waals surface area contributed by atoms with Crippen molar-refractivity contribution in [3.05, 3.63) is 37.0 Å². The van der Waals surface area contributed by atoms with Crippen LogP contribution < -0.4 is 0 Å². The van der Waals surface area contributed by atoms with Crippen molar-refractivity contribution >= 4 is 18.0 Å². The minimum atomic E-state index is 0.622. The van der Waals surface area contributed by atoms with Gasteiger partial charge in [-0.15, -0.1) is 5.10 Å². The van der Waals surface area contributed by atoms with Gasteiger partial charge in [0.2, 0.25) is 5.16 Å². The van der Waals surface area contributed by atoms with Crippen LogP contribution in [0.25, 0.3) is 17.8 Å². The largest absolute Gasteiger partial charge is 0.461 e. The van der Waals surface area contributed by atoms with Crippen LogP contribution in [-0.2, 0) is 0 Å². The number of aromatic nitrogens is 3. The molecule has 4 nitrogen and oxygen atoms in total. The molecule has 2 rings (SSSR count).